The number of amides is 1. The average molecular weight is 548 g/mol. The fraction of sp³-hybridized carbons (Fsp3) is 0.333. The Balaban J connectivity index is 1.18. The molecule has 2 saturated heterocycles. The molecule has 41 heavy (non-hydrogen) atoms. The second kappa shape index (κ2) is 8.93. The molecule has 5 aromatic rings. The molecule has 4 N–H and O–H groups in total. The third-order valence-corrected chi connectivity index (χ3v) is 9.02. The number of hydrogen-bond acceptors (Lipinski definition) is 8. The van der Waals surface area contributed by atoms with Gasteiger partial charge in [0.1, 0.15) is 12.1 Å². The lowest BCUT2D eigenvalue weighted by molar-refractivity contribution is 0.0554. The van der Waals surface area contributed by atoms with Crippen molar-refractivity contribution in [2.45, 2.75) is 62.1 Å². The van der Waals surface area contributed by atoms with E-state index >= 15 is 0 Å². The van der Waals surface area contributed by atoms with Crippen LogP contribution in [0.15, 0.2) is 61.2 Å². The van der Waals surface area contributed by atoms with E-state index in [4.69, 9.17) is 15.7 Å². The van der Waals surface area contributed by atoms with Gasteiger partial charge in [-0.2, -0.15) is 14.7 Å². The Labute approximate surface area is 235 Å². The minimum atomic E-state index is -0.989. The number of rotatable bonds is 5. The summed E-state index contributed by atoms with van der Waals surface area (Å²) in [4.78, 5) is 29.2. The highest BCUT2D eigenvalue weighted by atomic mass is 16.3. The van der Waals surface area contributed by atoms with Crippen molar-refractivity contribution >= 4 is 17.4 Å². The van der Waals surface area contributed by atoms with Crippen LogP contribution in [0.2, 0.25) is 0 Å². The molecule has 2 bridgehead atoms. The monoisotopic (exact) mass is 547 g/mol. The number of carbonyl (C=O) groups is 1. The number of pyridine rings is 1. The van der Waals surface area contributed by atoms with E-state index in [0.29, 0.717) is 29.9 Å². The van der Waals surface area contributed by atoms with Gasteiger partial charge < -0.3 is 15.7 Å². The van der Waals surface area contributed by atoms with Crippen molar-refractivity contribution in [1.82, 2.24) is 39.7 Å². The standard InChI is InChI=1S/C30H29N9O2/c31-26-24(30(41)10-11-30)25(19-12-20-7-8-21(13-19)38(20)29(40)27-33-16-34-37-27)36-28-22(15-35-39(26)28)18-6-9-23(32-14-18)17-4-2-1-3-5-17/h1-6,9,14-16,19-21,41H,7-8,10-13,31H2,(H,33,34,37). The van der Waals surface area contributed by atoms with Crippen molar-refractivity contribution in [2.24, 2.45) is 0 Å². The van der Waals surface area contributed by atoms with Crippen molar-refractivity contribution in [2.75, 3.05) is 5.73 Å². The fourth-order valence-corrected chi connectivity index (χ4v) is 6.87. The van der Waals surface area contributed by atoms with Crippen molar-refractivity contribution in [1.29, 1.82) is 0 Å². The number of fused-ring (bicyclic) bond motifs is 3. The molecule has 0 radical (unpaired) electrons. The number of nitrogens with one attached hydrogen (secondary N) is 1. The number of piperidine rings is 1. The van der Waals surface area contributed by atoms with Crippen molar-refractivity contribution < 1.29 is 9.90 Å². The number of nitrogens with zero attached hydrogens (tertiary/aromatic N) is 7. The van der Waals surface area contributed by atoms with E-state index in [1.165, 1.54) is 6.33 Å². The molecule has 11 heteroatoms. The van der Waals surface area contributed by atoms with Crippen LogP contribution in [0.5, 0.6) is 0 Å². The topological polar surface area (TPSA) is 151 Å². The molecule has 11 nitrogen and oxygen atoms in total. The maximum absolute atomic E-state index is 13.2. The van der Waals surface area contributed by atoms with Crippen LogP contribution in [0, 0.1) is 0 Å². The summed E-state index contributed by atoms with van der Waals surface area (Å²) in [5.74, 6) is 0.645. The summed E-state index contributed by atoms with van der Waals surface area (Å²) < 4.78 is 1.65. The van der Waals surface area contributed by atoms with Gasteiger partial charge in [-0.1, -0.05) is 36.4 Å². The predicted octanol–water partition coefficient (Wildman–Crippen LogP) is 3.69. The summed E-state index contributed by atoms with van der Waals surface area (Å²) in [6, 6.07) is 14.2. The lowest BCUT2D eigenvalue weighted by Gasteiger charge is -2.39. The molecule has 4 aromatic heterocycles. The molecule has 1 saturated carbocycles. The first-order chi connectivity index (χ1) is 20.0. The Bertz CT molecular complexity index is 1750. The van der Waals surface area contributed by atoms with E-state index < -0.39 is 5.60 Å². The summed E-state index contributed by atoms with van der Waals surface area (Å²) >= 11 is 0. The summed E-state index contributed by atoms with van der Waals surface area (Å²) in [7, 11) is 0. The van der Waals surface area contributed by atoms with Crippen LogP contribution in [0.3, 0.4) is 0 Å². The molecule has 0 spiro atoms. The highest BCUT2D eigenvalue weighted by molar-refractivity contribution is 5.91. The van der Waals surface area contributed by atoms with Crippen LogP contribution in [-0.4, -0.2) is 62.8 Å². The lowest BCUT2D eigenvalue weighted by atomic mass is 9.84. The third-order valence-electron chi connectivity index (χ3n) is 9.02. The highest BCUT2D eigenvalue weighted by Gasteiger charge is 2.50. The van der Waals surface area contributed by atoms with Gasteiger partial charge in [0.05, 0.1) is 23.2 Å². The molecule has 6 heterocycles. The number of aromatic amines is 1. The van der Waals surface area contributed by atoms with Crippen LogP contribution >= 0.6 is 0 Å². The highest BCUT2D eigenvalue weighted by Crippen LogP contribution is 2.53. The van der Waals surface area contributed by atoms with Gasteiger partial charge >= 0.3 is 0 Å². The van der Waals surface area contributed by atoms with Gasteiger partial charge in [-0.3, -0.25) is 14.9 Å². The fourth-order valence-electron chi connectivity index (χ4n) is 6.87. The second-order valence-electron chi connectivity index (χ2n) is 11.5. The Morgan fingerprint density at radius 2 is 1.78 bits per heavy atom. The first-order valence-corrected chi connectivity index (χ1v) is 14.1. The number of hydrogen-bond donors (Lipinski definition) is 3. The lowest BCUT2D eigenvalue weighted by Crippen LogP contribution is -2.46. The van der Waals surface area contributed by atoms with E-state index in [9.17, 15) is 9.90 Å². The number of aromatic nitrogens is 7. The number of nitrogen functional groups attached to an aromatic ring is 1. The Morgan fingerprint density at radius 1 is 1.00 bits per heavy atom. The number of H-pyrrole nitrogens is 1. The zero-order valence-electron chi connectivity index (χ0n) is 22.3. The molecule has 8 rings (SSSR count). The van der Waals surface area contributed by atoms with Crippen LogP contribution in [0.4, 0.5) is 5.82 Å². The first-order valence-electron chi connectivity index (χ1n) is 14.1. The van der Waals surface area contributed by atoms with E-state index in [0.717, 1.165) is 53.8 Å². The zero-order valence-corrected chi connectivity index (χ0v) is 22.3. The SMILES string of the molecule is Nc1c(C2(O)CC2)c(C2CC3CCC(C2)N3C(=O)c2ncn[nH]2)nc2c(-c3ccc(-c4ccccc4)nc3)cnn12. The third kappa shape index (κ3) is 3.83. The second-order valence-corrected chi connectivity index (χ2v) is 11.5. The molecular formula is C30H29N9O2. The maximum atomic E-state index is 13.2. The van der Waals surface area contributed by atoms with Crippen molar-refractivity contribution in [3.8, 4) is 22.4 Å². The van der Waals surface area contributed by atoms with Gasteiger partial charge in [0, 0.05) is 46.5 Å². The molecule has 2 unspecified atom stereocenters. The van der Waals surface area contributed by atoms with Gasteiger partial charge in [0.15, 0.2) is 5.65 Å². The molecular weight excluding hydrogens is 518 g/mol. The van der Waals surface area contributed by atoms with Crippen LogP contribution in [-0.2, 0) is 5.60 Å². The Hall–Kier alpha value is -4.64. The van der Waals surface area contributed by atoms with Gasteiger partial charge in [-0.25, -0.2) is 9.97 Å². The predicted molar refractivity (Wildman–Crippen MR) is 151 cm³/mol. The normalized spacial score (nSPS) is 22.8. The van der Waals surface area contributed by atoms with Gasteiger partial charge in [-0.15, -0.1) is 0 Å². The van der Waals surface area contributed by atoms with Crippen LogP contribution < -0.4 is 5.73 Å². The molecule has 3 fully saturated rings. The zero-order chi connectivity index (χ0) is 27.7. The number of anilines is 1. The van der Waals surface area contributed by atoms with Crippen molar-refractivity contribution in [3.05, 3.63) is 78.3 Å². The Kier molecular flexibility index (Phi) is 5.27. The largest absolute Gasteiger partial charge is 0.385 e. The molecule has 206 valence electrons. The van der Waals surface area contributed by atoms with Crippen LogP contribution in [0.1, 0.15) is 66.3 Å². The number of aliphatic hydroxyl groups is 1. The molecule has 1 amide bonds. The Morgan fingerprint density at radius 3 is 2.44 bits per heavy atom. The van der Waals surface area contributed by atoms with Gasteiger partial charge in [0.25, 0.3) is 5.91 Å². The van der Waals surface area contributed by atoms with Crippen LogP contribution in [0.25, 0.3) is 28.0 Å². The molecule has 3 aliphatic rings. The van der Waals surface area contributed by atoms with Crippen molar-refractivity contribution in [3.63, 3.8) is 0 Å². The maximum Gasteiger partial charge on any atom is 0.291 e. The van der Waals surface area contributed by atoms with E-state index in [1.807, 2.05) is 53.6 Å². The summed E-state index contributed by atoms with van der Waals surface area (Å²) in [5, 5.41) is 22.5. The molecule has 1 aliphatic carbocycles. The smallest absolute Gasteiger partial charge is 0.291 e. The summed E-state index contributed by atoms with van der Waals surface area (Å²) in [6.07, 6.45) is 9.61. The number of nitrogens with two attached hydrogens (primary N) is 1. The minimum Gasteiger partial charge on any atom is -0.385 e. The minimum absolute atomic E-state index is 0.0551. The first kappa shape index (κ1) is 24.2. The quantitative estimate of drug-likeness (QED) is 0.301. The molecule has 1 aromatic carbocycles. The van der Waals surface area contributed by atoms with E-state index in [1.54, 1.807) is 10.7 Å². The summed E-state index contributed by atoms with van der Waals surface area (Å²) in [6.45, 7) is 0. The van der Waals surface area contributed by atoms with E-state index in [2.05, 4.69) is 20.3 Å². The number of benzene rings is 1. The molecule has 2 atom stereocenters. The average Bonchev–Trinajstić information content (AvgIpc) is 3.35. The number of carbonyl (C=O) groups excluding carboxylic acids is 1. The molecule has 2 aliphatic heterocycles. The van der Waals surface area contributed by atoms with Gasteiger partial charge in [-0.05, 0) is 44.6 Å². The van der Waals surface area contributed by atoms with Gasteiger partial charge in [0.2, 0.25) is 5.82 Å². The summed E-state index contributed by atoms with van der Waals surface area (Å²) in [5.41, 5.74) is 11.6. The van der Waals surface area contributed by atoms with E-state index in [-0.39, 0.29) is 29.7 Å².